The third-order valence-electron chi connectivity index (χ3n) is 2.67. The lowest BCUT2D eigenvalue weighted by Crippen LogP contribution is -2.45. The van der Waals surface area contributed by atoms with Crippen molar-refractivity contribution in [2.24, 2.45) is 0 Å². The molecule has 0 aromatic carbocycles. The molecule has 0 aliphatic carbocycles. The zero-order valence-electron chi connectivity index (χ0n) is 9.90. The third kappa shape index (κ3) is 2.27. The van der Waals surface area contributed by atoms with Crippen molar-refractivity contribution in [1.29, 1.82) is 0 Å². The van der Waals surface area contributed by atoms with Crippen LogP contribution >= 0.6 is 0 Å². The van der Waals surface area contributed by atoms with Gasteiger partial charge in [0.05, 0.1) is 12.2 Å². The monoisotopic (exact) mass is 223 g/mol. The number of hydrogen-bond donors (Lipinski definition) is 0. The first-order valence-corrected chi connectivity index (χ1v) is 5.57. The fourth-order valence-corrected chi connectivity index (χ4v) is 2.04. The molecule has 2 rings (SSSR count). The van der Waals surface area contributed by atoms with E-state index in [1.807, 2.05) is 19.9 Å². The van der Waals surface area contributed by atoms with Crippen molar-refractivity contribution in [2.75, 3.05) is 18.0 Å². The first-order chi connectivity index (χ1) is 7.56. The van der Waals surface area contributed by atoms with Crippen molar-refractivity contribution in [3.05, 3.63) is 17.9 Å². The molecule has 0 unspecified atom stereocenters. The summed E-state index contributed by atoms with van der Waals surface area (Å²) in [7, 11) is 0. The smallest absolute Gasteiger partial charge is 0.196 e. The van der Waals surface area contributed by atoms with Crippen LogP contribution in [-0.4, -0.2) is 31.1 Å². The van der Waals surface area contributed by atoms with Crippen LogP contribution in [0.2, 0.25) is 0 Å². The van der Waals surface area contributed by atoms with Gasteiger partial charge in [-0.2, -0.15) is 0 Å². The Morgan fingerprint density at radius 3 is 2.44 bits per heavy atom. The summed E-state index contributed by atoms with van der Waals surface area (Å²) in [5.74, 6) is 1.13. The Morgan fingerprint density at radius 2 is 1.94 bits per heavy atom. The first-order valence-electron chi connectivity index (χ1n) is 5.57. The van der Waals surface area contributed by atoms with Crippen LogP contribution in [0.5, 0.6) is 0 Å². The van der Waals surface area contributed by atoms with E-state index in [4.69, 9.17) is 9.15 Å². The number of morpholine rings is 1. The van der Waals surface area contributed by atoms with Crippen molar-refractivity contribution in [3.63, 3.8) is 0 Å². The van der Waals surface area contributed by atoms with E-state index < -0.39 is 0 Å². The van der Waals surface area contributed by atoms with Crippen LogP contribution in [0.3, 0.4) is 0 Å². The van der Waals surface area contributed by atoms with Crippen molar-refractivity contribution in [1.82, 2.24) is 0 Å². The highest BCUT2D eigenvalue weighted by atomic mass is 16.5. The lowest BCUT2D eigenvalue weighted by atomic mass is 10.2. The molecule has 0 spiro atoms. The van der Waals surface area contributed by atoms with Crippen LogP contribution in [0.4, 0.5) is 5.88 Å². The van der Waals surface area contributed by atoms with Crippen LogP contribution < -0.4 is 4.90 Å². The van der Waals surface area contributed by atoms with Crippen LogP contribution in [0.15, 0.2) is 16.5 Å². The molecule has 2 heterocycles. The second-order valence-corrected chi connectivity index (χ2v) is 4.36. The molecule has 1 aliphatic heterocycles. The molecule has 0 bridgehead atoms. The van der Waals surface area contributed by atoms with Gasteiger partial charge in [-0.3, -0.25) is 4.79 Å². The van der Waals surface area contributed by atoms with Crippen LogP contribution in [-0.2, 0) is 4.74 Å². The van der Waals surface area contributed by atoms with Gasteiger partial charge in [-0.25, -0.2) is 0 Å². The van der Waals surface area contributed by atoms with Gasteiger partial charge in [0.2, 0.25) is 0 Å². The van der Waals surface area contributed by atoms with Gasteiger partial charge in [-0.05, 0) is 19.9 Å². The van der Waals surface area contributed by atoms with E-state index in [2.05, 4.69) is 4.90 Å². The molecule has 4 nitrogen and oxygen atoms in total. The Hall–Kier alpha value is -1.29. The molecule has 2 atom stereocenters. The fraction of sp³-hybridized carbons (Fsp3) is 0.583. The number of Topliss-reactive ketones (excluding diaryl/α,β-unsaturated/α-hetero) is 1. The molecule has 88 valence electrons. The highest BCUT2D eigenvalue weighted by molar-refractivity contribution is 5.91. The topological polar surface area (TPSA) is 42.7 Å². The predicted octanol–water partition coefficient (Wildman–Crippen LogP) is 2.10. The van der Waals surface area contributed by atoms with Gasteiger partial charge in [0.15, 0.2) is 17.4 Å². The average Bonchev–Trinajstić information content (AvgIpc) is 2.64. The zero-order valence-corrected chi connectivity index (χ0v) is 9.90. The molecule has 1 aliphatic rings. The highest BCUT2D eigenvalue weighted by Gasteiger charge is 2.24. The molecule has 0 radical (unpaired) electrons. The number of carbonyl (C=O) groups is 1. The lowest BCUT2D eigenvalue weighted by Gasteiger charge is -2.35. The number of ketones is 1. The van der Waals surface area contributed by atoms with E-state index in [0.29, 0.717) is 5.76 Å². The summed E-state index contributed by atoms with van der Waals surface area (Å²) < 4.78 is 11.1. The fourth-order valence-electron chi connectivity index (χ4n) is 2.04. The van der Waals surface area contributed by atoms with E-state index in [0.717, 1.165) is 19.0 Å². The van der Waals surface area contributed by atoms with Gasteiger partial charge in [0, 0.05) is 26.1 Å². The number of nitrogens with zero attached hydrogens (tertiary/aromatic N) is 1. The Balaban J connectivity index is 2.13. The molecular formula is C12H17NO3. The number of furan rings is 1. The molecular weight excluding hydrogens is 206 g/mol. The minimum Gasteiger partial charge on any atom is -0.437 e. The van der Waals surface area contributed by atoms with Gasteiger partial charge in [0.1, 0.15) is 0 Å². The third-order valence-corrected chi connectivity index (χ3v) is 2.67. The highest BCUT2D eigenvalue weighted by Crippen LogP contribution is 2.23. The van der Waals surface area contributed by atoms with Crippen LogP contribution in [0.25, 0.3) is 0 Å². The Bertz CT molecular complexity index is 375. The number of ether oxygens (including phenoxy) is 1. The molecule has 4 heteroatoms. The summed E-state index contributed by atoms with van der Waals surface area (Å²) in [4.78, 5) is 13.2. The number of anilines is 1. The summed E-state index contributed by atoms with van der Waals surface area (Å²) in [5, 5.41) is 0. The molecule has 0 saturated carbocycles. The summed E-state index contributed by atoms with van der Waals surface area (Å²) in [6.45, 7) is 7.19. The second-order valence-electron chi connectivity index (χ2n) is 4.36. The molecule has 1 aromatic rings. The Morgan fingerprint density at radius 1 is 1.31 bits per heavy atom. The van der Waals surface area contributed by atoms with Crippen molar-refractivity contribution in [3.8, 4) is 0 Å². The molecule has 16 heavy (non-hydrogen) atoms. The summed E-state index contributed by atoms with van der Waals surface area (Å²) in [6, 6.07) is 3.57. The quantitative estimate of drug-likeness (QED) is 0.720. The predicted molar refractivity (Wildman–Crippen MR) is 60.9 cm³/mol. The Kier molecular flexibility index (Phi) is 3.01. The SMILES string of the molecule is CC(=O)c1ccc(N2C[C@@H](C)O[C@@H](C)C2)o1. The molecule has 1 saturated heterocycles. The minimum absolute atomic E-state index is 0.0411. The average molecular weight is 223 g/mol. The van der Waals surface area contributed by atoms with Crippen LogP contribution in [0, 0.1) is 0 Å². The maximum Gasteiger partial charge on any atom is 0.196 e. The van der Waals surface area contributed by atoms with Gasteiger partial charge < -0.3 is 14.1 Å². The van der Waals surface area contributed by atoms with Gasteiger partial charge >= 0.3 is 0 Å². The second kappa shape index (κ2) is 4.29. The Labute approximate surface area is 95.2 Å². The van der Waals surface area contributed by atoms with Gasteiger partial charge in [-0.15, -0.1) is 0 Å². The van der Waals surface area contributed by atoms with Gasteiger partial charge in [0.25, 0.3) is 0 Å². The standard InChI is InChI=1S/C12H17NO3/c1-8-6-13(7-9(2)15-8)12-5-4-11(16-12)10(3)14/h4-5,8-9H,6-7H2,1-3H3/t8-,9+. The number of rotatable bonds is 2. The summed E-state index contributed by atoms with van der Waals surface area (Å²) >= 11 is 0. The largest absolute Gasteiger partial charge is 0.437 e. The normalized spacial score (nSPS) is 25.8. The van der Waals surface area contributed by atoms with E-state index in [1.165, 1.54) is 6.92 Å². The maximum absolute atomic E-state index is 11.1. The number of carbonyl (C=O) groups excluding carboxylic acids is 1. The zero-order chi connectivity index (χ0) is 11.7. The molecule has 0 N–H and O–H groups in total. The van der Waals surface area contributed by atoms with Crippen molar-refractivity contribution in [2.45, 2.75) is 33.0 Å². The first kappa shape index (κ1) is 11.2. The molecule has 1 aromatic heterocycles. The van der Waals surface area contributed by atoms with Crippen molar-refractivity contribution >= 4 is 11.7 Å². The van der Waals surface area contributed by atoms with E-state index in [-0.39, 0.29) is 18.0 Å². The molecule has 1 fully saturated rings. The minimum atomic E-state index is -0.0411. The summed E-state index contributed by atoms with van der Waals surface area (Å²) in [5.41, 5.74) is 0. The van der Waals surface area contributed by atoms with Gasteiger partial charge in [-0.1, -0.05) is 0 Å². The van der Waals surface area contributed by atoms with E-state index >= 15 is 0 Å². The lowest BCUT2D eigenvalue weighted by molar-refractivity contribution is -0.00642. The van der Waals surface area contributed by atoms with Crippen LogP contribution in [0.1, 0.15) is 31.3 Å². The summed E-state index contributed by atoms with van der Waals surface area (Å²) in [6.07, 6.45) is 0.379. The number of hydrogen-bond acceptors (Lipinski definition) is 4. The van der Waals surface area contributed by atoms with E-state index in [9.17, 15) is 4.79 Å². The maximum atomic E-state index is 11.1. The van der Waals surface area contributed by atoms with Crippen molar-refractivity contribution < 1.29 is 13.9 Å². The van der Waals surface area contributed by atoms with E-state index in [1.54, 1.807) is 6.07 Å². The molecule has 0 amide bonds.